The summed E-state index contributed by atoms with van der Waals surface area (Å²) in [6.45, 7) is 0. The number of carbonyl (C=O) groups is 1. The Morgan fingerprint density at radius 1 is 0.871 bits per heavy atom. The van der Waals surface area contributed by atoms with Gasteiger partial charge in [-0.05, 0) is 42.5 Å². The number of rotatable bonds is 8. The van der Waals surface area contributed by atoms with Crippen molar-refractivity contribution < 1.29 is 37.3 Å². The fourth-order valence-corrected chi connectivity index (χ4v) is 4.44. The Labute approximate surface area is 179 Å². The van der Waals surface area contributed by atoms with E-state index in [-0.39, 0.29) is 16.2 Å². The molecule has 0 amide bonds. The summed E-state index contributed by atoms with van der Waals surface area (Å²) < 4.78 is 48.6. The third kappa shape index (κ3) is 4.02. The SMILES string of the molecule is COc1ccc(S(=O)(=O)n2cc(C(=O)O)cc2-c2cc(OC)c(OC)c(OC)c2)cc1. The molecule has 0 unspecified atom stereocenters. The molecular weight excluding hydrogens is 426 g/mol. The first-order valence-electron chi connectivity index (χ1n) is 8.92. The van der Waals surface area contributed by atoms with Crippen molar-refractivity contribution >= 4 is 16.0 Å². The summed E-state index contributed by atoms with van der Waals surface area (Å²) in [5, 5.41) is 9.46. The minimum Gasteiger partial charge on any atom is -0.497 e. The molecule has 2 aromatic carbocycles. The van der Waals surface area contributed by atoms with Crippen LogP contribution in [0.25, 0.3) is 11.3 Å². The Bertz CT molecular complexity index is 1190. The Morgan fingerprint density at radius 3 is 1.90 bits per heavy atom. The number of carboxylic acid groups (broad SMARTS) is 1. The number of aromatic nitrogens is 1. The molecule has 10 heteroatoms. The molecule has 0 spiro atoms. The normalized spacial score (nSPS) is 11.1. The van der Waals surface area contributed by atoms with Crippen molar-refractivity contribution in [2.24, 2.45) is 0 Å². The predicted molar refractivity (Wildman–Crippen MR) is 112 cm³/mol. The summed E-state index contributed by atoms with van der Waals surface area (Å²) in [6.07, 6.45) is 1.06. The fourth-order valence-electron chi connectivity index (χ4n) is 3.06. The second-order valence-corrected chi connectivity index (χ2v) is 8.12. The highest BCUT2D eigenvalue weighted by molar-refractivity contribution is 7.90. The minimum absolute atomic E-state index is 0.0328. The van der Waals surface area contributed by atoms with Crippen molar-refractivity contribution in [2.75, 3.05) is 28.4 Å². The number of nitrogens with zero attached hydrogens (tertiary/aromatic N) is 1. The first kappa shape index (κ1) is 22.0. The molecule has 1 heterocycles. The molecule has 1 aromatic heterocycles. The molecule has 0 aliphatic carbocycles. The molecule has 0 saturated heterocycles. The van der Waals surface area contributed by atoms with Gasteiger partial charge < -0.3 is 24.1 Å². The number of methoxy groups -OCH3 is 4. The van der Waals surface area contributed by atoms with Crippen LogP contribution in [0.15, 0.2) is 53.6 Å². The lowest BCUT2D eigenvalue weighted by Gasteiger charge is -2.16. The van der Waals surface area contributed by atoms with Crippen LogP contribution in [0.4, 0.5) is 0 Å². The van der Waals surface area contributed by atoms with Gasteiger partial charge >= 0.3 is 5.97 Å². The third-order valence-electron chi connectivity index (χ3n) is 4.61. The van der Waals surface area contributed by atoms with Gasteiger partial charge in [0.25, 0.3) is 10.0 Å². The molecule has 0 radical (unpaired) electrons. The number of aromatic carboxylic acids is 1. The highest BCUT2D eigenvalue weighted by Crippen LogP contribution is 2.42. The van der Waals surface area contributed by atoms with Gasteiger partial charge in [0, 0.05) is 11.8 Å². The molecule has 0 bridgehead atoms. The molecule has 0 aliphatic rings. The molecule has 1 N–H and O–H groups in total. The standard InChI is InChI=1S/C21H21NO8S/c1-27-15-5-7-16(8-6-15)31(25,26)22-12-14(21(23)24)9-17(22)13-10-18(28-2)20(30-4)19(11-13)29-3/h5-12H,1-4H3,(H,23,24). The van der Waals surface area contributed by atoms with Crippen LogP contribution in [-0.2, 0) is 10.0 Å². The van der Waals surface area contributed by atoms with Crippen molar-refractivity contribution in [3.8, 4) is 34.3 Å². The molecule has 0 atom stereocenters. The van der Waals surface area contributed by atoms with Gasteiger partial charge in [-0.1, -0.05) is 0 Å². The first-order chi connectivity index (χ1) is 14.8. The lowest BCUT2D eigenvalue weighted by atomic mass is 10.1. The number of benzene rings is 2. The van der Waals surface area contributed by atoms with Crippen molar-refractivity contribution in [2.45, 2.75) is 4.90 Å². The monoisotopic (exact) mass is 447 g/mol. The summed E-state index contributed by atoms with van der Waals surface area (Å²) in [6, 6.07) is 10.1. The highest BCUT2D eigenvalue weighted by Gasteiger charge is 2.25. The van der Waals surface area contributed by atoms with E-state index in [0.717, 1.165) is 10.2 Å². The van der Waals surface area contributed by atoms with Gasteiger partial charge in [-0.2, -0.15) is 0 Å². The Balaban J connectivity index is 2.26. The third-order valence-corrected chi connectivity index (χ3v) is 6.30. The summed E-state index contributed by atoms with van der Waals surface area (Å²) in [5.74, 6) is 0.134. The Morgan fingerprint density at radius 2 is 1.45 bits per heavy atom. The second kappa shape index (κ2) is 8.60. The lowest BCUT2D eigenvalue weighted by molar-refractivity contribution is 0.0697. The average Bonchev–Trinajstić information content (AvgIpc) is 3.25. The van der Waals surface area contributed by atoms with Gasteiger partial charge in [0.1, 0.15) is 5.75 Å². The van der Waals surface area contributed by atoms with Gasteiger partial charge in [-0.3, -0.25) is 0 Å². The van der Waals surface area contributed by atoms with Crippen LogP contribution in [0.3, 0.4) is 0 Å². The van der Waals surface area contributed by atoms with E-state index in [1.54, 1.807) is 12.1 Å². The predicted octanol–water partition coefficient (Wildman–Crippen LogP) is 3.12. The maximum Gasteiger partial charge on any atom is 0.337 e. The van der Waals surface area contributed by atoms with Crippen LogP contribution in [0.2, 0.25) is 0 Å². The van der Waals surface area contributed by atoms with Crippen LogP contribution < -0.4 is 18.9 Å². The number of ether oxygens (including phenoxy) is 4. The van der Waals surface area contributed by atoms with Gasteiger partial charge in [-0.25, -0.2) is 17.2 Å². The molecule has 0 fully saturated rings. The summed E-state index contributed by atoms with van der Waals surface area (Å²) in [4.78, 5) is 11.6. The van der Waals surface area contributed by atoms with E-state index in [1.807, 2.05) is 0 Å². The summed E-state index contributed by atoms with van der Waals surface area (Å²) >= 11 is 0. The highest BCUT2D eigenvalue weighted by atomic mass is 32.2. The van der Waals surface area contributed by atoms with Gasteiger partial charge in [0.15, 0.2) is 11.5 Å². The molecule has 164 valence electrons. The van der Waals surface area contributed by atoms with E-state index >= 15 is 0 Å². The fraction of sp³-hybridized carbons (Fsp3) is 0.190. The molecule has 3 aromatic rings. The van der Waals surface area contributed by atoms with Crippen LogP contribution in [0.1, 0.15) is 10.4 Å². The number of hydrogen-bond acceptors (Lipinski definition) is 7. The zero-order valence-electron chi connectivity index (χ0n) is 17.3. The summed E-state index contributed by atoms with van der Waals surface area (Å²) in [7, 11) is 1.64. The first-order valence-corrected chi connectivity index (χ1v) is 10.4. The van der Waals surface area contributed by atoms with E-state index in [1.165, 1.54) is 58.8 Å². The number of carboxylic acids is 1. The minimum atomic E-state index is -4.13. The van der Waals surface area contributed by atoms with Crippen LogP contribution in [0.5, 0.6) is 23.0 Å². The maximum atomic E-state index is 13.3. The zero-order valence-corrected chi connectivity index (χ0v) is 18.1. The van der Waals surface area contributed by atoms with Crippen LogP contribution in [-0.4, -0.2) is 51.9 Å². The molecule has 9 nitrogen and oxygen atoms in total. The second-order valence-electron chi connectivity index (χ2n) is 6.31. The smallest absolute Gasteiger partial charge is 0.337 e. The molecular formula is C21H21NO8S. The van der Waals surface area contributed by atoms with Gasteiger partial charge in [0.2, 0.25) is 5.75 Å². The summed E-state index contributed by atoms with van der Waals surface area (Å²) in [5.41, 5.74) is 0.285. The van der Waals surface area contributed by atoms with Crippen LogP contribution >= 0.6 is 0 Å². The van der Waals surface area contributed by atoms with Crippen molar-refractivity contribution in [3.05, 3.63) is 54.2 Å². The van der Waals surface area contributed by atoms with Crippen LogP contribution in [0, 0.1) is 0 Å². The topological polar surface area (TPSA) is 113 Å². The quantitative estimate of drug-likeness (QED) is 0.560. The Kier molecular flexibility index (Phi) is 6.11. The van der Waals surface area contributed by atoms with Gasteiger partial charge in [0.05, 0.1) is 44.6 Å². The van der Waals surface area contributed by atoms with E-state index < -0.39 is 16.0 Å². The zero-order chi connectivity index (χ0) is 22.8. The molecule has 0 saturated carbocycles. The van der Waals surface area contributed by atoms with Crippen molar-refractivity contribution in [3.63, 3.8) is 0 Å². The van der Waals surface area contributed by atoms with Crippen molar-refractivity contribution in [1.29, 1.82) is 0 Å². The van der Waals surface area contributed by atoms with E-state index in [2.05, 4.69) is 0 Å². The largest absolute Gasteiger partial charge is 0.497 e. The maximum absolute atomic E-state index is 13.3. The molecule has 3 rings (SSSR count). The van der Waals surface area contributed by atoms with Crippen molar-refractivity contribution in [1.82, 2.24) is 3.97 Å². The van der Waals surface area contributed by atoms with E-state index in [4.69, 9.17) is 18.9 Å². The lowest BCUT2D eigenvalue weighted by Crippen LogP contribution is -2.13. The average molecular weight is 447 g/mol. The molecule has 31 heavy (non-hydrogen) atoms. The van der Waals surface area contributed by atoms with E-state index in [0.29, 0.717) is 28.6 Å². The molecule has 0 aliphatic heterocycles. The number of hydrogen-bond donors (Lipinski definition) is 1. The van der Waals surface area contributed by atoms with Gasteiger partial charge in [-0.15, -0.1) is 0 Å². The van der Waals surface area contributed by atoms with E-state index in [9.17, 15) is 18.3 Å². The Hall–Kier alpha value is -3.66.